The number of nitrogens with zero attached hydrogens (tertiary/aromatic N) is 2. The number of carbonyl (C=O) groups is 2. The summed E-state index contributed by atoms with van der Waals surface area (Å²) in [6.45, 7) is 7.06. The van der Waals surface area contributed by atoms with Crippen LogP contribution in [0.15, 0.2) is 0 Å². The van der Waals surface area contributed by atoms with Crippen molar-refractivity contribution in [1.29, 1.82) is 0 Å². The van der Waals surface area contributed by atoms with Crippen molar-refractivity contribution < 1.29 is 14.7 Å². The van der Waals surface area contributed by atoms with Crippen molar-refractivity contribution in [3.05, 3.63) is 0 Å². The van der Waals surface area contributed by atoms with Crippen LogP contribution in [0.5, 0.6) is 0 Å². The lowest BCUT2D eigenvalue weighted by Gasteiger charge is -2.28. The van der Waals surface area contributed by atoms with E-state index in [-0.39, 0.29) is 12.1 Å². The Hall–Kier alpha value is -1.30. The molecule has 18 heavy (non-hydrogen) atoms. The largest absolute Gasteiger partial charge is 0.481 e. The number of aliphatic carboxylic acids is 1. The molecule has 1 unspecified atom stereocenters. The van der Waals surface area contributed by atoms with Crippen molar-refractivity contribution in [2.75, 3.05) is 32.7 Å². The third kappa shape index (κ3) is 2.43. The van der Waals surface area contributed by atoms with Crippen LogP contribution in [0.4, 0.5) is 4.79 Å². The highest BCUT2D eigenvalue weighted by atomic mass is 16.4. The van der Waals surface area contributed by atoms with Crippen molar-refractivity contribution in [2.45, 2.75) is 26.3 Å². The first-order chi connectivity index (χ1) is 8.42. The predicted octanol–water partition coefficient (Wildman–Crippen LogP) is 0.197. The summed E-state index contributed by atoms with van der Waals surface area (Å²) in [5.74, 6) is -0.812. The number of rotatable bonds is 4. The third-order valence-electron chi connectivity index (χ3n) is 3.88. The lowest BCUT2D eigenvalue weighted by atomic mass is 9.89. The highest BCUT2D eigenvalue weighted by Crippen LogP contribution is 2.24. The van der Waals surface area contributed by atoms with Crippen LogP contribution < -0.4 is 5.32 Å². The third-order valence-corrected chi connectivity index (χ3v) is 3.88. The molecule has 1 atom stereocenters. The van der Waals surface area contributed by atoms with E-state index in [1.165, 1.54) is 0 Å². The van der Waals surface area contributed by atoms with Gasteiger partial charge in [-0.2, -0.15) is 0 Å². The van der Waals surface area contributed by atoms with E-state index < -0.39 is 11.4 Å². The van der Waals surface area contributed by atoms with E-state index in [4.69, 9.17) is 5.11 Å². The van der Waals surface area contributed by atoms with E-state index in [0.717, 1.165) is 19.6 Å². The summed E-state index contributed by atoms with van der Waals surface area (Å²) < 4.78 is 0. The molecule has 2 N–H and O–H groups in total. The quantitative estimate of drug-likeness (QED) is 0.752. The molecule has 2 aliphatic rings. The van der Waals surface area contributed by atoms with Crippen LogP contribution in [0.1, 0.15) is 20.3 Å². The van der Waals surface area contributed by atoms with Crippen LogP contribution in [-0.4, -0.2) is 65.7 Å². The molecule has 0 aromatic carbocycles. The number of carboxylic acid groups (broad SMARTS) is 1. The minimum absolute atomic E-state index is 0.0580. The number of carbonyl (C=O) groups excluding carboxylic acids is 1. The molecule has 0 spiro atoms. The summed E-state index contributed by atoms with van der Waals surface area (Å²) >= 11 is 0. The zero-order valence-electron chi connectivity index (χ0n) is 11.0. The summed E-state index contributed by atoms with van der Waals surface area (Å²) in [6, 6.07) is 0.307. The van der Waals surface area contributed by atoms with Gasteiger partial charge in [-0.15, -0.1) is 0 Å². The van der Waals surface area contributed by atoms with Gasteiger partial charge >= 0.3 is 12.0 Å². The number of urea groups is 1. The molecule has 0 aromatic rings. The maximum absolute atomic E-state index is 12.1. The Balaban J connectivity index is 1.91. The molecule has 0 aliphatic carbocycles. The van der Waals surface area contributed by atoms with Gasteiger partial charge in [-0.25, -0.2) is 4.79 Å². The Morgan fingerprint density at radius 1 is 1.56 bits per heavy atom. The Kier molecular flexibility index (Phi) is 3.47. The molecule has 6 heteroatoms. The summed E-state index contributed by atoms with van der Waals surface area (Å²) in [7, 11) is 0. The van der Waals surface area contributed by atoms with Gasteiger partial charge in [-0.1, -0.05) is 0 Å². The van der Waals surface area contributed by atoms with E-state index >= 15 is 0 Å². The fraction of sp³-hybridized carbons (Fsp3) is 0.833. The minimum atomic E-state index is -0.812. The summed E-state index contributed by atoms with van der Waals surface area (Å²) in [6.07, 6.45) is 0.488. The van der Waals surface area contributed by atoms with Gasteiger partial charge in [-0.05, 0) is 20.3 Å². The number of hydrogen-bond acceptors (Lipinski definition) is 3. The maximum Gasteiger partial charge on any atom is 0.320 e. The van der Waals surface area contributed by atoms with Crippen molar-refractivity contribution in [3.63, 3.8) is 0 Å². The predicted molar refractivity (Wildman–Crippen MR) is 66.4 cm³/mol. The molecule has 2 saturated heterocycles. The van der Waals surface area contributed by atoms with Gasteiger partial charge in [0.2, 0.25) is 0 Å². The van der Waals surface area contributed by atoms with Gasteiger partial charge in [0.15, 0.2) is 0 Å². The summed E-state index contributed by atoms with van der Waals surface area (Å²) in [5, 5.41) is 12.3. The number of carboxylic acids is 1. The molecular weight excluding hydrogens is 234 g/mol. The highest BCUT2D eigenvalue weighted by Gasteiger charge is 2.39. The van der Waals surface area contributed by atoms with Crippen molar-refractivity contribution in [2.24, 2.45) is 5.41 Å². The molecule has 0 aromatic heterocycles. The number of piperazine rings is 1. The van der Waals surface area contributed by atoms with Crippen LogP contribution in [0.3, 0.4) is 0 Å². The molecule has 2 rings (SSSR count). The first-order valence-electron chi connectivity index (χ1n) is 6.41. The van der Waals surface area contributed by atoms with E-state index in [2.05, 4.69) is 5.32 Å². The second-order valence-corrected chi connectivity index (χ2v) is 5.72. The average molecular weight is 255 g/mol. The second-order valence-electron chi connectivity index (χ2n) is 5.72. The molecule has 102 valence electrons. The standard InChI is InChI=1S/C12H21N3O3/c1-12(2,10(16)17)3-5-14-8-9-7-13-4-6-15(9)11(14)18/h9,13H,3-8H2,1-2H3,(H,16,17). The van der Waals surface area contributed by atoms with Crippen LogP contribution in [0.25, 0.3) is 0 Å². The Labute approximate surface area is 107 Å². The van der Waals surface area contributed by atoms with E-state index in [1.54, 1.807) is 18.7 Å². The lowest BCUT2D eigenvalue weighted by Crippen LogP contribution is -2.49. The topological polar surface area (TPSA) is 72.9 Å². The molecular formula is C12H21N3O3. The first-order valence-corrected chi connectivity index (χ1v) is 6.41. The zero-order chi connectivity index (χ0) is 13.3. The normalized spacial score (nSPS) is 24.3. The van der Waals surface area contributed by atoms with Crippen LogP contribution in [0.2, 0.25) is 0 Å². The summed E-state index contributed by atoms with van der Waals surface area (Å²) in [4.78, 5) is 26.8. The van der Waals surface area contributed by atoms with E-state index in [9.17, 15) is 9.59 Å². The number of fused-ring (bicyclic) bond motifs is 1. The average Bonchev–Trinajstić information content (AvgIpc) is 2.64. The van der Waals surface area contributed by atoms with Crippen molar-refractivity contribution in [1.82, 2.24) is 15.1 Å². The van der Waals surface area contributed by atoms with Gasteiger partial charge in [0, 0.05) is 32.7 Å². The molecule has 6 nitrogen and oxygen atoms in total. The fourth-order valence-electron chi connectivity index (χ4n) is 2.40. The van der Waals surface area contributed by atoms with Gasteiger partial charge in [0.05, 0.1) is 11.5 Å². The minimum Gasteiger partial charge on any atom is -0.481 e. The van der Waals surface area contributed by atoms with E-state index in [0.29, 0.717) is 19.5 Å². The lowest BCUT2D eigenvalue weighted by molar-refractivity contribution is -0.147. The van der Waals surface area contributed by atoms with Gasteiger partial charge in [0.25, 0.3) is 0 Å². The maximum atomic E-state index is 12.1. The van der Waals surface area contributed by atoms with Crippen molar-refractivity contribution in [3.8, 4) is 0 Å². The van der Waals surface area contributed by atoms with Crippen LogP contribution in [0, 0.1) is 5.41 Å². The Morgan fingerprint density at radius 2 is 2.28 bits per heavy atom. The van der Waals surface area contributed by atoms with Gasteiger partial charge in [0.1, 0.15) is 0 Å². The van der Waals surface area contributed by atoms with Crippen LogP contribution >= 0.6 is 0 Å². The fourth-order valence-corrected chi connectivity index (χ4v) is 2.40. The second kappa shape index (κ2) is 4.76. The number of nitrogens with one attached hydrogen (secondary N) is 1. The Morgan fingerprint density at radius 3 is 2.89 bits per heavy atom. The van der Waals surface area contributed by atoms with Crippen LogP contribution in [-0.2, 0) is 4.79 Å². The zero-order valence-corrected chi connectivity index (χ0v) is 11.0. The van der Waals surface area contributed by atoms with Crippen molar-refractivity contribution >= 4 is 12.0 Å². The Bertz CT molecular complexity index is 356. The monoisotopic (exact) mass is 255 g/mol. The molecule has 2 heterocycles. The SMILES string of the molecule is CC(C)(CCN1CC2CNCCN2C1=O)C(=O)O. The molecule has 0 saturated carbocycles. The molecule has 2 amide bonds. The van der Waals surface area contributed by atoms with E-state index in [1.807, 2.05) is 4.90 Å². The summed E-state index contributed by atoms with van der Waals surface area (Å²) in [5.41, 5.74) is -0.776. The highest BCUT2D eigenvalue weighted by molar-refractivity contribution is 5.78. The van der Waals surface area contributed by atoms with Gasteiger partial charge < -0.3 is 20.2 Å². The van der Waals surface area contributed by atoms with Gasteiger partial charge in [-0.3, -0.25) is 4.79 Å². The molecule has 2 aliphatic heterocycles. The molecule has 2 fully saturated rings. The first kappa shape index (κ1) is 13.1. The smallest absolute Gasteiger partial charge is 0.320 e. The number of amides is 2. The number of hydrogen-bond donors (Lipinski definition) is 2. The molecule has 0 radical (unpaired) electrons. The molecule has 0 bridgehead atoms.